The van der Waals surface area contributed by atoms with Crippen molar-refractivity contribution in [3.8, 4) is 0 Å². The summed E-state index contributed by atoms with van der Waals surface area (Å²) >= 11 is 0. The second-order valence-electron chi connectivity index (χ2n) is 10.3. The molecule has 6 nitrogen and oxygen atoms in total. The smallest absolute Gasteiger partial charge is 0.227 e. The average molecular weight is 468 g/mol. The fourth-order valence-corrected chi connectivity index (χ4v) is 4.20. The highest BCUT2D eigenvalue weighted by Gasteiger charge is 2.17. The van der Waals surface area contributed by atoms with E-state index in [1.165, 1.54) is 11.1 Å². The molecular weight excluding hydrogens is 422 g/mol. The quantitative estimate of drug-likeness (QED) is 0.300. The third-order valence-electron chi connectivity index (χ3n) is 5.46. The van der Waals surface area contributed by atoms with Crippen LogP contribution in [0.1, 0.15) is 83.2 Å². The number of benzene rings is 1. The van der Waals surface area contributed by atoms with Gasteiger partial charge in [0.2, 0.25) is 5.95 Å². The van der Waals surface area contributed by atoms with Crippen LogP contribution in [-0.2, 0) is 17.7 Å². The third-order valence-corrected chi connectivity index (χ3v) is 5.46. The summed E-state index contributed by atoms with van der Waals surface area (Å²) in [6.07, 6.45) is 6.02. The van der Waals surface area contributed by atoms with Gasteiger partial charge in [0, 0.05) is 36.1 Å². The highest BCUT2D eigenvalue weighted by atomic mass is 16.5. The Labute approximate surface area is 207 Å². The van der Waals surface area contributed by atoms with Gasteiger partial charge < -0.3 is 20.7 Å². The summed E-state index contributed by atoms with van der Waals surface area (Å²) < 4.78 is 5.83. The van der Waals surface area contributed by atoms with Crippen molar-refractivity contribution in [1.29, 1.82) is 0 Å². The number of ether oxygens (including phenoxy) is 1. The Morgan fingerprint density at radius 2 is 1.79 bits per heavy atom. The Balaban J connectivity index is 1.99. The van der Waals surface area contributed by atoms with Gasteiger partial charge in [0.25, 0.3) is 0 Å². The summed E-state index contributed by atoms with van der Waals surface area (Å²) in [6.45, 7) is 21.6. The number of nitrogens with zero attached hydrogens (tertiary/aromatic N) is 2. The first-order chi connectivity index (χ1) is 16.0. The molecular formula is C28H45N5O. The van der Waals surface area contributed by atoms with Crippen LogP contribution in [-0.4, -0.2) is 27.7 Å². The van der Waals surface area contributed by atoms with E-state index in [1.54, 1.807) is 0 Å². The zero-order valence-corrected chi connectivity index (χ0v) is 22.5. The van der Waals surface area contributed by atoms with Gasteiger partial charge in [-0.1, -0.05) is 26.3 Å². The van der Waals surface area contributed by atoms with E-state index in [1.807, 2.05) is 27.0 Å². The Bertz CT molecular complexity index is 915. The van der Waals surface area contributed by atoms with Gasteiger partial charge in [-0.15, -0.1) is 0 Å². The van der Waals surface area contributed by atoms with Crippen LogP contribution < -0.4 is 16.0 Å². The van der Waals surface area contributed by atoms with Crippen molar-refractivity contribution in [2.24, 2.45) is 0 Å². The Kier molecular flexibility index (Phi) is 10.4. The van der Waals surface area contributed by atoms with Crippen molar-refractivity contribution in [2.75, 3.05) is 5.32 Å². The van der Waals surface area contributed by atoms with Crippen molar-refractivity contribution < 1.29 is 4.74 Å². The molecule has 188 valence electrons. The lowest BCUT2D eigenvalue weighted by Gasteiger charge is -2.28. The summed E-state index contributed by atoms with van der Waals surface area (Å²) in [7, 11) is 0. The first-order valence-electron chi connectivity index (χ1n) is 12.6. The first kappa shape index (κ1) is 27.6. The van der Waals surface area contributed by atoms with Gasteiger partial charge in [-0.25, -0.2) is 9.97 Å². The highest BCUT2D eigenvalue weighted by Crippen LogP contribution is 2.19. The molecule has 0 unspecified atom stereocenters. The minimum absolute atomic E-state index is 0.249. The van der Waals surface area contributed by atoms with Crippen molar-refractivity contribution >= 4 is 11.6 Å². The second kappa shape index (κ2) is 12.7. The normalized spacial score (nSPS) is 13.3. The molecule has 0 spiro atoms. The SMILES string of the molecule is C=C(N[C@H](C)C[C@@H](CCC)NCc1cnc(Nc2cc(C)cc(C)c2)nc1CC)OC(C)(C)C. The topological polar surface area (TPSA) is 71.1 Å². The summed E-state index contributed by atoms with van der Waals surface area (Å²) in [6, 6.07) is 7.03. The van der Waals surface area contributed by atoms with Crippen molar-refractivity contribution in [1.82, 2.24) is 20.6 Å². The van der Waals surface area contributed by atoms with Crippen LogP contribution >= 0.6 is 0 Å². The first-order valence-corrected chi connectivity index (χ1v) is 12.6. The molecule has 6 heteroatoms. The fraction of sp³-hybridized carbons (Fsp3) is 0.571. The zero-order valence-electron chi connectivity index (χ0n) is 22.5. The molecule has 0 radical (unpaired) electrons. The van der Waals surface area contributed by atoms with Crippen LogP contribution in [0.5, 0.6) is 0 Å². The maximum absolute atomic E-state index is 5.83. The van der Waals surface area contributed by atoms with Crippen LogP contribution in [0.15, 0.2) is 36.9 Å². The average Bonchev–Trinajstić information content (AvgIpc) is 2.70. The Morgan fingerprint density at radius 3 is 2.38 bits per heavy atom. The number of hydrogen-bond acceptors (Lipinski definition) is 6. The molecule has 0 bridgehead atoms. The molecule has 0 saturated heterocycles. The maximum Gasteiger partial charge on any atom is 0.227 e. The Hall–Kier alpha value is -2.60. The molecule has 2 aromatic rings. The monoisotopic (exact) mass is 467 g/mol. The highest BCUT2D eigenvalue weighted by molar-refractivity contribution is 5.56. The summed E-state index contributed by atoms with van der Waals surface area (Å²) in [5, 5.41) is 10.5. The lowest BCUT2D eigenvalue weighted by molar-refractivity contribution is 0.0383. The van der Waals surface area contributed by atoms with Gasteiger partial charge in [-0.05, 0) is 90.6 Å². The Morgan fingerprint density at radius 1 is 1.12 bits per heavy atom. The summed E-state index contributed by atoms with van der Waals surface area (Å²) in [5.41, 5.74) is 5.43. The molecule has 0 aliphatic rings. The van der Waals surface area contributed by atoms with Gasteiger partial charge in [0.05, 0.1) is 5.69 Å². The number of anilines is 2. The second-order valence-corrected chi connectivity index (χ2v) is 10.3. The lowest BCUT2D eigenvalue weighted by atomic mass is 10.0. The van der Waals surface area contributed by atoms with E-state index in [9.17, 15) is 0 Å². The largest absolute Gasteiger partial charge is 0.474 e. The van der Waals surface area contributed by atoms with Gasteiger partial charge in [0.15, 0.2) is 5.88 Å². The molecule has 0 fully saturated rings. The van der Waals surface area contributed by atoms with Crippen molar-refractivity contribution in [3.63, 3.8) is 0 Å². The van der Waals surface area contributed by atoms with Gasteiger partial charge >= 0.3 is 0 Å². The summed E-state index contributed by atoms with van der Waals surface area (Å²) in [4.78, 5) is 9.40. The molecule has 0 aliphatic carbocycles. The number of hydrogen-bond donors (Lipinski definition) is 3. The fourth-order valence-electron chi connectivity index (χ4n) is 4.20. The summed E-state index contributed by atoms with van der Waals surface area (Å²) in [5.74, 6) is 1.27. The van der Waals surface area contributed by atoms with Crippen LogP contribution in [0.4, 0.5) is 11.6 Å². The van der Waals surface area contributed by atoms with Crippen LogP contribution in [0.25, 0.3) is 0 Å². The number of aryl methyl sites for hydroxylation is 3. The maximum atomic E-state index is 5.83. The van der Waals surface area contributed by atoms with E-state index in [0.717, 1.165) is 49.2 Å². The molecule has 34 heavy (non-hydrogen) atoms. The minimum atomic E-state index is -0.249. The van der Waals surface area contributed by atoms with Crippen molar-refractivity contribution in [2.45, 2.75) is 105 Å². The van der Waals surface area contributed by atoms with Gasteiger partial charge in [-0.3, -0.25) is 0 Å². The third kappa shape index (κ3) is 9.72. The molecule has 1 aromatic carbocycles. The molecule has 3 N–H and O–H groups in total. The molecule has 1 aromatic heterocycles. The van der Waals surface area contributed by atoms with Crippen molar-refractivity contribution in [3.05, 3.63) is 59.2 Å². The van der Waals surface area contributed by atoms with Crippen LogP contribution in [0.2, 0.25) is 0 Å². The van der Waals surface area contributed by atoms with E-state index in [0.29, 0.717) is 17.9 Å². The van der Waals surface area contributed by atoms with Gasteiger partial charge in [-0.2, -0.15) is 0 Å². The number of nitrogens with one attached hydrogen (secondary N) is 3. The lowest BCUT2D eigenvalue weighted by Crippen LogP contribution is -2.38. The van der Waals surface area contributed by atoms with Crippen LogP contribution in [0.3, 0.4) is 0 Å². The standard InChI is InChI=1S/C28H45N5O/c1-10-12-24(16-21(5)31-22(6)34-28(7,8)9)29-17-23-18-30-27(33-26(23)11-2)32-25-14-19(3)13-20(4)15-25/h13-15,18,21,24,29,31H,6,10-12,16-17H2,1-5,7-9H3,(H,30,32,33)/t21-,24-/m1/s1. The molecule has 0 saturated carbocycles. The van der Waals surface area contributed by atoms with Crippen LogP contribution in [0, 0.1) is 13.8 Å². The minimum Gasteiger partial charge on any atom is -0.474 e. The molecule has 2 atom stereocenters. The predicted molar refractivity (Wildman–Crippen MR) is 143 cm³/mol. The van der Waals surface area contributed by atoms with E-state index >= 15 is 0 Å². The molecule has 1 heterocycles. The predicted octanol–water partition coefficient (Wildman–Crippen LogP) is 6.31. The van der Waals surface area contributed by atoms with E-state index in [-0.39, 0.29) is 11.6 Å². The zero-order chi connectivity index (χ0) is 25.3. The molecule has 2 rings (SSSR count). The van der Waals surface area contributed by atoms with E-state index in [2.05, 4.69) is 80.3 Å². The number of aromatic nitrogens is 2. The van der Waals surface area contributed by atoms with E-state index in [4.69, 9.17) is 9.72 Å². The molecule has 0 aliphatic heterocycles. The van der Waals surface area contributed by atoms with E-state index < -0.39 is 0 Å². The van der Waals surface area contributed by atoms with Gasteiger partial charge in [0.1, 0.15) is 5.60 Å². The molecule has 0 amide bonds. The number of rotatable bonds is 13.